The molecule has 120 valence electrons. The van der Waals surface area contributed by atoms with E-state index in [4.69, 9.17) is 15.9 Å². The Morgan fingerprint density at radius 1 is 1.18 bits per heavy atom. The summed E-state index contributed by atoms with van der Waals surface area (Å²) in [6.45, 7) is 3.36. The van der Waals surface area contributed by atoms with Gasteiger partial charge in [-0.15, -0.1) is 4.39 Å². The molecule has 0 fully saturated rings. The highest BCUT2D eigenvalue weighted by Crippen LogP contribution is 2.43. The zero-order chi connectivity index (χ0) is 16.8. The first-order chi connectivity index (χ1) is 10.0. The minimum atomic E-state index is -4.20. The molecule has 2 aromatic carbocycles. The predicted molar refractivity (Wildman–Crippen MR) is 72.9 cm³/mol. The molecule has 22 heavy (non-hydrogen) atoms. The molecule has 0 aliphatic rings. The summed E-state index contributed by atoms with van der Waals surface area (Å²) in [5.41, 5.74) is 6.06. The molecule has 2 rings (SSSR count). The number of alkyl halides is 1. The molecule has 0 aliphatic carbocycles. The van der Waals surface area contributed by atoms with E-state index in [2.05, 4.69) is 4.74 Å². The summed E-state index contributed by atoms with van der Waals surface area (Å²) in [5.74, 6) is -5.73. The minimum absolute atomic E-state index is 0.131. The average Bonchev–Trinajstić information content (AvgIpc) is 2.39. The van der Waals surface area contributed by atoms with Gasteiger partial charge in [-0.05, 0) is 23.6 Å². The van der Waals surface area contributed by atoms with E-state index in [-0.39, 0.29) is 27.9 Å². The second-order valence-corrected chi connectivity index (χ2v) is 5.12. The van der Waals surface area contributed by atoms with E-state index < -0.39 is 29.4 Å². The van der Waals surface area contributed by atoms with Crippen molar-refractivity contribution in [3.8, 4) is 11.5 Å². The number of phenols is 1. The molecule has 0 bridgehead atoms. The zero-order valence-electron chi connectivity index (χ0n) is 11.7. The maximum Gasteiger partial charge on any atom is 0.492 e. The number of hydrogen-bond acceptors (Lipinski definition) is 5. The molecule has 0 atom stereocenters. The molecule has 0 radical (unpaired) electrons. The van der Waals surface area contributed by atoms with Crippen molar-refractivity contribution in [2.75, 3.05) is 5.73 Å². The summed E-state index contributed by atoms with van der Waals surface area (Å²) in [6.07, 6.45) is -4.20. The molecule has 0 aromatic heterocycles. The lowest BCUT2D eigenvalue weighted by molar-refractivity contribution is -0.375. The summed E-state index contributed by atoms with van der Waals surface area (Å²) in [7, 11) is 0. The number of nitrogen functional groups attached to an aromatic ring is 1. The first-order valence-electron chi connectivity index (χ1n) is 6.28. The number of benzene rings is 2. The standard InChI is InChI=1S/C14H14F3NO4/c1-5(2)7-3-6(18)4-8-9(7)13(22-14(17,20)21)11(16)12(19)10(8)15/h3-5,19-21H,18H2,1-2H3. The molecule has 0 heterocycles. The fourth-order valence-electron chi connectivity index (χ4n) is 2.24. The zero-order valence-corrected chi connectivity index (χ0v) is 11.7. The topological polar surface area (TPSA) is 95.9 Å². The van der Waals surface area contributed by atoms with Crippen LogP contribution in [0.2, 0.25) is 0 Å². The van der Waals surface area contributed by atoms with Gasteiger partial charge in [0.25, 0.3) is 0 Å². The van der Waals surface area contributed by atoms with E-state index in [0.29, 0.717) is 0 Å². The molecule has 0 aliphatic heterocycles. The molecule has 8 heteroatoms. The van der Waals surface area contributed by atoms with E-state index in [9.17, 15) is 18.3 Å². The van der Waals surface area contributed by atoms with Gasteiger partial charge in [-0.3, -0.25) is 0 Å². The molecule has 0 unspecified atom stereocenters. The van der Waals surface area contributed by atoms with Crippen LogP contribution in [0.5, 0.6) is 11.5 Å². The molecule has 5 nitrogen and oxygen atoms in total. The monoisotopic (exact) mass is 317 g/mol. The molecule has 2 aromatic rings. The van der Waals surface area contributed by atoms with Crippen LogP contribution in [0.4, 0.5) is 18.9 Å². The van der Waals surface area contributed by atoms with E-state index in [1.165, 1.54) is 6.07 Å². The van der Waals surface area contributed by atoms with Crippen molar-refractivity contribution in [2.45, 2.75) is 26.0 Å². The summed E-state index contributed by atoms with van der Waals surface area (Å²) >= 11 is 0. The van der Waals surface area contributed by atoms with E-state index >= 15 is 0 Å². The van der Waals surface area contributed by atoms with E-state index in [1.807, 2.05) is 0 Å². The Bertz CT molecular complexity index is 741. The normalized spacial score (nSPS) is 12.2. The Morgan fingerprint density at radius 3 is 2.27 bits per heavy atom. The van der Waals surface area contributed by atoms with Crippen LogP contribution in [0.25, 0.3) is 10.8 Å². The van der Waals surface area contributed by atoms with Crippen LogP contribution in [0.3, 0.4) is 0 Å². The molecule has 5 N–H and O–H groups in total. The summed E-state index contributed by atoms with van der Waals surface area (Å²) in [5, 5.41) is 26.3. The molecule has 0 spiro atoms. The highest BCUT2D eigenvalue weighted by atomic mass is 19.2. The first kappa shape index (κ1) is 16.2. The van der Waals surface area contributed by atoms with Gasteiger partial charge in [-0.25, -0.2) is 4.39 Å². The van der Waals surface area contributed by atoms with Crippen molar-refractivity contribution in [1.82, 2.24) is 0 Å². The van der Waals surface area contributed by atoms with Crippen LogP contribution >= 0.6 is 0 Å². The predicted octanol–water partition coefficient (Wildman–Crippen LogP) is 2.47. The van der Waals surface area contributed by atoms with Crippen molar-refractivity contribution in [3.05, 3.63) is 29.3 Å². The van der Waals surface area contributed by atoms with Gasteiger partial charge in [-0.1, -0.05) is 13.8 Å². The second-order valence-electron chi connectivity index (χ2n) is 5.12. The van der Waals surface area contributed by atoms with Crippen molar-refractivity contribution >= 4 is 16.5 Å². The van der Waals surface area contributed by atoms with E-state index in [1.54, 1.807) is 13.8 Å². The number of aliphatic hydroxyl groups is 2. The first-order valence-corrected chi connectivity index (χ1v) is 6.28. The van der Waals surface area contributed by atoms with Crippen LogP contribution in [0.1, 0.15) is 25.3 Å². The molecule has 0 saturated heterocycles. The number of anilines is 1. The van der Waals surface area contributed by atoms with Gasteiger partial charge in [0, 0.05) is 16.5 Å². The van der Waals surface area contributed by atoms with Crippen LogP contribution in [0.15, 0.2) is 12.1 Å². The third-order valence-electron chi connectivity index (χ3n) is 3.12. The summed E-state index contributed by atoms with van der Waals surface area (Å²) < 4.78 is 45.2. The third-order valence-corrected chi connectivity index (χ3v) is 3.12. The van der Waals surface area contributed by atoms with Crippen LogP contribution in [-0.4, -0.2) is 21.5 Å². The number of phenolic OH excluding ortho intramolecular Hbond substituents is 1. The van der Waals surface area contributed by atoms with Gasteiger partial charge in [0.05, 0.1) is 0 Å². The number of halogens is 3. The highest BCUT2D eigenvalue weighted by Gasteiger charge is 2.32. The maximum absolute atomic E-state index is 14.1. The molecular formula is C14H14F3NO4. The van der Waals surface area contributed by atoms with Crippen LogP contribution < -0.4 is 10.5 Å². The Labute approximate surface area is 123 Å². The smallest absolute Gasteiger partial charge is 0.492 e. The number of ether oxygens (including phenoxy) is 1. The minimum Gasteiger partial charge on any atom is -0.503 e. The molecular weight excluding hydrogens is 303 g/mol. The van der Waals surface area contributed by atoms with Crippen molar-refractivity contribution in [1.29, 1.82) is 0 Å². The van der Waals surface area contributed by atoms with Gasteiger partial charge < -0.3 is 25.8 Å². The van der Waals surface area contributed by atoms with Crippen molar-refractivity contribution < 1.29 is 33.2 Å². The summed E-state index contributed by atoms with van der Waals surface area (Å²) in [4.78, 5) is 0. The largest absolute Gasteiger partial charge is 0.503 e. The number of fused-ring (bicyclic) bond motifs is 1. The molecule has 0 amide bonds. The Balaban J connectivity index is 2.98. The van der Waals surface area contributed by atoms with Gasteiger partial charge in [0.2, 0.25) is 5.82 Å². The Morgan fingerprint density at radius 2 is 1.77 bits per heavy atom. The fraction of sp³-hybridized carbons (Fsp3) is 0.286. The summed E-state index contributed by atoms with van der Waals surface area (Å²) in [6, 6.07) is 2.49. The highest BCUT2D eigenvalue weighted by molar-refractivity contribution is 5.96. The van der Waals surface area contributed by atoms with Crippen LogP contribution in [0, 0.1) is 11.6 Å². The number of rotatable bonds is 3. The number of nitrogens with two attached hydrogens (primary N) is 1. The number of hydrogen-bond donors (Lipinski definition) is 4. The second kappa shape index (κ2) is 5.22. The maximum atomic E-state index is 14.1. The average molecular weight is 317 g/mol. The van der Waals surface area contributed by atoms with Crippen molar-refractivity contribution in [2.24, 2.45) is 0 Å². The van der Waals surface area contributed by atoms with Gasteiger partial charge in [-0.2, -0.15) is 4.39 Å². The fourth-order valence-corrected chi connectivity index (χ4v) is 2.24. The lowest BCUT2D eigenvalue weighted by Gasteiger charge is -2.20. The lowest BCUT2D eigenvalue weighted by atomic mass is 9.94. The van der Waals surface area contributed by atoms with Gasteiger partial charge >= 0.3 is 6.23 Å². The number of aromatic hydroxyl groups is 1. The lowest BCUT2D eigenvalue weighted by Crippen LogP contribution is -2.29. The van der Waals surface area contributed by atoms with Crippen molar-refractivity contribution in [3.63, 3.8) is 0 Å². The Kier molecular flexibility index (Phi) is 3.84. The van der Waals surface area contributed by atoms with E-state index in [0.717, 1.165) is 6.07 Å². The quantitative estimate of drug-likeness (QED) is 0.515. The third kappa shape index (κ3) is 2.75. The van der Waals surface area contributed by atoms with Gasteiger partial charge in [0.15, 0.2) is 17.3 Å². The Hall–Kier alpha value is -2.19. The SMILES string of the molecule is CC(C)c1cc(N)cc2c(F)c(O)c(F)c(OC(O)(O)F)c12. The van der Waals surface area contributed by atoms with Gasteiger partial charge in [0.1, 0.15) is 0 Å². The molecule has 0 saturated carbocycles. The van der Waals surface area contributed by atoms with Crippen LogP contribution in [-0.2, 0) is 0 Å².